The Labute approximate surface area is 146 Å². The smallest absolute Gasteiger partial charge is 0.345 e. The van der Waals surface area contributed by atoms with E-state index in [4.69, 9.17) is 10.5 Å². The van der Waals surface area contributed by atoms with Gasteiger partial charge in [-0.25, -0.2) is 13.8 Å². The van der Waals surface area contributed by atoms with E-state index in [9.17, 15) is 22.4 Å². The summed E-state index contributed by atoms with van der Waals surface area (Å²) < 4.78 is 57.0. The Balaban J connectivity index is 0.000000431. The summed E-state index contributed by atoms with van der Waals surface area (Å²) in [6.45, 7) is -2.14. The highest BCUT2D eigenvalue weighted by Crippen LogP contribution is 2.35. The third-order valence-electron chi connectivity index (χ3n) is 3.55. The van der Waals surface area contributed by atoms with Gasteiger partial charge in [0.1, 0.15) is 17.3 Å². The summed E-state index contributed by atoms with van der Waals surface area (Å²) in [4.78, 5) is 15.4. The lowest BCUT2D eigenvalue weighted by Gasteiger charge is -2.20. The van der Waals surface area contributed by atoms with Crippen LogP contribution in [0.25, 0.3) is 11.1 Å². The highest BCUT2D eigenvalue weighted by Gasteiger charge is 2.22. The maximum Gasteiger partial charge on any atom is 0.345 e. The van der Waals surface area contributed by atoms with Crippen molar-refractivity contribution in [3.8, 4) is 17.0 Å². The second-order valence-corrected chi connectivity index (χ2v) is 5.28. The average molecular weight is 372 g/mol. The SMILES string of the molecule is COC(F)F.NC(=O)c1cc(-c2ccc(F)cc2F)c2c(n1)OCCC2. The maximum absolute atomic E-state index is 14.0. The molecule has 2 aromatic rings. The topological polar surface area (TPSA) is 74.4 Å². The van der Waals surface area contributed by atoms with Crippen LogP contribution in [0, 0.1) is 11.6 Å². The largest absolute Gasteiger partial charge is 0.477 e. The van der Waals surface area contributed by atoms with Crippen molar-refractivity contribution in [1.29, 1.82) is 0 Å². The number of pyridine rings is 1. The van der Waals surface area contributed by atoms with E-state index in [-0.39, 0.29) is 17.1 Å². The maximum atomic E-state index is 14.0. The number of amides is 1. The molecule has 2 heterocycles. The van der Waals surface area contributed by atoms with Gasteiger partial charge in [0.05, 0.1) is 6.61 Å². The lowest BCUT2D eigenvalue weighted by atomic mass is 9.95. The lowest BCUT2D eigenvalue weighted by molar-refractivity contribution is -0.105. The van der Waals surface area contributed by atoms with Crippen LogP contribution in [0.5, 0.6) is 5.88 Å². The molecule has 0 bridgehead atoms. The minimum absolute atomic E-state index is 0.00521. The number of primary amides is 1. The number of aromatic nitrogens is 1. The molecule has 0 fully saturated rings. The molecule has 0 saturated carbocycles. The summed E-state index contributed by atoms with van der Waals surface area (Å²) in [6.07, 6.45) is 1.41. The van der Waals surface area contributed by atoms with E-state index >= 15 is 0 Å². The standard InChI is InChI=1S/C15H12F2N2O2.C2H4F2O/c16-8-3-4-9(12(17)6-8)11-7-13(14(18)20)19-15-10(11)2-1-5-21-15;1-5-2(3)4/h3-4,6-7H,1-2,5H2,(H2,18,20);2H,1H3. The van der Waals surface area contributed by atoms with Crippen LogP contribution >= 0.6 is 0 Å². The molecule has 140 valence electrons. The first-order valence-corrected chi connectivity index (χ1v) is 7.56. The van der Waals surface area contributed by atoms with Crippen molar-refractivity contribution in [3.05, 3.63) is 47.2 Å². The molecule has 0 saturated heterocycles. The number of nitrogens with two attached hydrogens (primary N) is 1. The molecule has 0 spiro atoms. The molecule has 1 aromatic heterocycles. The number of hydrogen-bond donors (Lipinski definition) is 1. The van der Waals surface area contributed by atoms with Crippen molar-refractivity contribution in [2.75, 3.05) is 13.7 Å². The Morgan fingerprint density at radius 1 is 1.27 bits per heavy atom. The number of hydrogen-bond acceptors (Lipinski definition) is 4. The molecule has 3 rings (SSSR count). The van der Waals surface area contributed by atoms with Gasteiger partial charge >= 0.3 is 6.61 Å². The van der Waals surface area contributed by atoms with E-state index in [2.05, 4.69) is 9.72 Å². The summed E-state index contributed by atoms with van der Waals surface area (Å²) in [5.41, 5.74) is 6.61. The summed E-state index contributed by atoms with van der Waals surface area (Å²) in [6, 6.07) is 4.72. The molecule has 1 aliphatic rings. The number of methoxy groups -OCH3 is 1. The molecular formula is C17H16F4N2O3. The van der Waals surface area contributed by atoms with E-state index in [0.717, 1.165) is 19.6 Å². The van der Waals surface area contributed by atoms with E-state index < -0.39 is 24.2 Å². The molecule has 0 aliphatic carbocycles. The second kappa shape index (κ2) is 8.61. The van der Waals surface area contributed by atoms with E-state index in [1.54, 1.807) is 0 Å². The van der Waals surface area contributed by atoms with Crippen molar-refractivity contribution in [3.63, 3.8) is 0 Å². The molecule has 1 aromatic carbocycles. The van der Waals surface area contributed by atoms with Crippen LogP contribution in [0.3, 0.4) is 0 Å². The highest BCUT2D eigenvalue weighted by molar-refractivity contribution is 5.93. The number of benzene rings is 1. The minimum atomic E-state index is -2.62. The van der Waals surface area contributed by atoms with Crippen LogP contribution in [-0.2, 0) is 11.2 Å². The van der Waals surface area contributed by atoms with Crippen LogP contribution < -0.4 is 10.5 Å². The fraction of sp³-hybridized carbons (Fsp3) is 0.294. The molecule has 26 heavy (non-hydrogen) atoms. The van der Waals surface area contributed by atoms with Gasteiger partial charge in [0.25, 0.3) is 5.91 Å². The van der Waals surface area contributed by atoms with Gasteiger partial charge in [-0.05, 0) is 36.6 Å². The van der Waals surface area contributed by atoms with Gasteiger partial charge in [-0.1, -0.05) is 0 Å². The zero-order valence-electron chi connectivity index (χ0n) is 13.8. The zero-order valence-corrected chi connectivity index (χ0v) is 13.8. The average Bonchev–Trinajstić information content (AvgIpc) is 2.61. The predicted molar refractivity (Wildman–Crippen MR) is 84.9 cm³/mol. The molecule has 1 aliphatic heterocycles. The van der Waals surface area contributed by atoms with E-state index in [0.29, 0.717) is 24.2 Å². The number of halogens is 4. The third-order valence-corrected chi connectivity index (χ3v) is 3.55. The van der Waals surface area contributed by atoms with E-state index in [1.807, 2.05) is 0 Å². The van der Waals surface area contributed by atoms with Crippen LogP contribution in [0.2, 0.25) is 0 Å². The molecule has 0 unspecified atom stereocenters. The number of rotatable bonds is 3. The van der Waals surface area contributed by atoms with Gasteiger partial charge in [-0.2, -0.15) is 8.78 Å². The molecule has 5 nitrogen and oxygen atoms in total. The van der Waals surface area contributed by atoms with Gasteiger partial charge in [-0.3, -0.25) is 4.79 Å². The van der Waals surface area contributed by atoms with Crippen molar-refractivity contribution in [2.45, 2.75) is 19.5 Å². The molecule has 1 amide bonds. The Hall–Kier alpha value is -2.68. The summed E-state index contributed by atoms with van der Waals surface area (Å²) in [5.74, 6) is -1.80. The Morgan fingerprint density at radius 3 is 2.54 bits per heavy atom. The van der Waals surface area contributed by atoms with Gasteiger partial charge in [0, 0.05) is 24.3 Å². The number of nitrogens with zero attached hydrogens (tertiary/aromatic N) is 1. The molecule has 9 heteroatoms. The van der Waals surface area contributed by atoms with Gasteiger partial charge in [0.15, 0.2) is 0 Å². The normalized spacial score (nSPS) is 12.7. The number of carbonyl (C=O) groups is 1. The third kappa shape index (κ3) is 4.69. The Bertz CT molecular complexity index is 800. The zero-order chi connectivity index (χ0) is 19.3. The van der Waals surface area contributed by atoms with Crippen molar-refractivity contribution >= 4 is 5.91 Å². The molecule has 2 N–H and O–H groups in total. The van der Waals surface area contributed by atoms with Crippen LogP contribution in [0.4, 0.5) is 17.6 Å². The first kappa shape index (κ1) is 19.6. The summed E-state index contributed by atoms with van der Waals surface area (Å²) >= 11 is 0. The quantitative estimate of drug-likeness (QED) is 0.839. The Kier molecular flexibility index (Phi) is 6.51. The minimum Gasteiger partial charge on any atom is -0.477 e. The van der Waals surface area contributed by atoms with Crippen LogP contribution in [0.1, 0.15) is 22.5 Å². The highest BCUT2D eigenvalue weighted by atomic mass is 19.3. The van der Waals surface area contributed by atoms with Crippen LogP contribution in [0.15, 0.2) is 24.3 Å². The number of carbonyl (C=O) groups excluding carboxylic acids is 1. The van der Waals surface area contributed by atoms with Crippen molar-refractivity contribution < 1.29 is 31.8 Å². The lowest BCUT2D eigenvalue weighted by Crippen LogP contribution is -2.18. The number of alkyl halides is 2. The fourth-order valence-corrected chi connectivity index (χ4v) is 2.40. The first-order chi connectivity index (χ1) is 12.3. The van der Waals surface area contributed by atoms with Gasteiger partial charge < -0.3 is 15.2 Å². The number of ether oxygens (including phenoxy) is 2. The van der Waals surface area contributed by atoms with Crippen molar-refractivity contribution in [1.82, 2.24) is 4.98 Å². The van der Waals surface area contributed by atoms with Crippen LogP contribution in [-0.4, -0.2) is 31.2 Å². The Morgan fingerprint density at radius 2 is 1.96 bits per heavy atom. The predicted octanol–water partition coefficient (Wildman–Crippen LogP) is 3.31. The fourth-order valence-electron chi connectivity index (χ4n) is 2.40. The molecule has 0 radical (unpaired) electrons. The summed E-state index contributed by atoms with van der Waals surface area (Å²) in [5, 5.41) is 0. The van der Waals surface area contributed by atoms with Crippen molar-refractivity contribution in [2.24, 2.45) is 5.73 Å². The molecular weight excluding hydrogens is 356 g/mol. The second-order valence-electron chi connectivity index (χ2n) is 5.28. The first-order valence-electron chi connectivity index (χ1n) is 7.56. The summed E-state index contributed by atoms with van der Waals surface area (Å²) in [7, 11) is 0.949. The van der Waals surface area contributed by atoms with Gasteiger partial charge in [-0.15, -0.1) is 0 Å². The monoisotopic (exact) mass is 372 g/mol. The molecule has 0 atom stereocenters. The van der Waals surface area contributed by atoms with Gasteiger partial charge in [0.2, 0.25) is 5.88 Å². The van der Waals surface area contributed by atoms with E-state index in [1.165, 1.54) is 18.2 Å². The number of fused-ring (bicyclic) bond motifs is 1.